The van der Waals surface area contributed by atoms with E-state index in [0.717, 1.165) is 11.1 Å². The lowest BCUT2D eigenvalue weighted by molar-refractivity contribution is -0.153. The number of carbonyl (C=O) groups excluding carboxylic acids is 1. The van der Waals surface area contributed by atoms with E-state index >= 15 is 0 Å². The molecule has 0 fully saturated rings. The molecule has 1 amide bonds. The van der Waals surface area contributed by atoms with E-state index in [0.29, 0.717) is 11.3 Å². The lowest BCUT2D eigenvalue weighted by atomic mass is 10.1. The first-order valence-corrected chi connectivity index (χ1v) is 6.93. The Morgan fingerprint density at radius 1 is 1.04 bits per heavy atom. The van der Waals surface area contributed by atoms with E-state index in [-0.39, 0.29) is 11.7 Å². The number of anilines is 1. The fourth-order valence-corrected chi connectivity index (χ4v) is 1.89. The van der Waals surface area contributed by atoms with Gasteiger partial charge in [-0.2, -0.15) is 13.2 Å². The van der Waals surface area contributed by atoms with Gasteiger partial charge in [-0.15, -0.1) is 0 Å². The Morgan fingerprint density at radius 3 is 2.26 bits per heavy atom. The van der Waals surface area contributed by atoms with Gasteiger partial charge in [-0.3, -0.25) is 4.79 Å². The van der Waals surface area contributed by atoms with Crippen LogP contribution in [0.15, 0.2) is 42.5 Å². The van der Waals surface area contributed by atoms with Crippen LogP contribution in [-0.2, 0) is 0 Å². The average molecular weight is 323 g/mol. The van der Waals surface area contributed by atoms with Gasteiger partial charge in [-0.25, -0.2) is 0 Å². The molecule has 6 heteroatoms. The number of hydrogen-bond acceptors (Lipinski definition) is 2. The molecule has 0 atom stereocenters. The van der Waals surface area contributed by atoms with Crippen molar-refractivity contribution in [3.8, 4) is 5.75 Å². The van der Waals surface area contributed by atoms with Gasteiger partial charge >= 0.3 is 6.18 Å². The summed E-state index contributed by atoms with van der Waals surface area (Å²) in [5.41, 5.74) is 3.10. The van der Waals surface area contributed by atoms with Crippen molar-refractivity contribution in [2.24, 2.45) is 0 Å². The summed E-state index contributed by atoms with van der Waals surface area (Å²) in [7, 11) is 0. The van der Waals surface area contributed by atoms with Gasteiger partial charge in [0.25, 0.3) is 5.91 Å². The van der Waals surface area contributed by atoms with E-state index in [2.05, 4.69) is 10.1 Å². The van der Waals surface area contributed by atoms with Gasteiger partial charge < -0.3 is 10.1 Å². The quantitative estimate of drug-likeness (QED) is 0.900. The van der Waals surface area contributed by atoms with Crippen molar-refractivity contribution in [1.29, 1.82) is 0 Å². The molecule has 0 heterocycles. The molecule has 23 heavy (non-hydrogen) atoms. The number of rotatable bonds is 4. The molecule has 122 valence electrons. The molecule has 0 radical (unpaired) electrons. The van der Waals surface area contributed by atoms with Crippen molar-refractivity contribution >= 4 is 11.6 Å². The highest BCUT2D eigenvalue weighted by Gasteiger charge is 2.28. The summed E-state index contributed by atoms with van der Waals surface area (Å²) in [6.07, 6.45) is -4.38. The number of carbonyl (C=O) groups is 1. The highest BCUT2D eigenvalue weighted by Crippen LogP contribution is 2.21. The third-order valence-corrected chi connectivity index (χ3v) is 3.28. The van der Waals surface area contributed by atoms with Crippen LogP contribution in [0.2, 0.25) is 0 Å². The van der Waals surface area contributed by atoms with Gasteiger partial charge in [-0.05, 0) is 61.4 Å². The fraction of sp³-hybridized carbons (Fsp3) is 0.235. The van der Waals surface area contributed by atoms with Crippen molar-refractivity contribution in [3.63, 3.8) is 0 Å². The van der Waals surface area contributed by atoms with E-state index in [1.54, 1.807) is 12.1 Å². The second kappa shape index (κ2) is 6.73. The molecule has 2 aromatic rings. The van der Waals surface area contributed by atoms with Crippen LogP contribution in [0.5, 0.6) is 5.75 Å². The Labute approximate surface area is 132 Å². The van der Waals surface area contributed by atoms with Crippen LogP contribution in [0.3, 0.4) is 0 Å². The van der Waals surface area contributed by atoms with Crippen LogP contribution in [0, 0.1) is 13.8 Å². The van der Waals surface area contributed by atoms with Crippen molar-refractivity contribution in [2.45, 2.75) is 20.0 Å². The molecule has 1 N–H and O–H groups in total. The van der Waals surface area contributed by atoms with Crippen molar-refractivity contribution in [2.75, 3.05) is 11.9 Å². The summed E-state index contributed by atoms with van der Waals surface area (Å²) in [6.45, 7) is 2.52. The normalized spacial score (nSPS) is 11.2. The molecule has 0 aromatic heterocycles. The molecule has 2 rings (SSSR count). The van der Waals surface area contributed by atoms with Crippen LogP contribution >= 0.6 is 0 Å². The van der Waals surface area contributed by atoms with Gasteiger partial charge in [0.2, 0.25) is 0 Å². The van der Waals surface area contributed by atoms with Crippen LogP contribution in [-0.4, -0.2) is 18.7 Å². The third-order valence-electron chi connectivity index (χ3n) is 3.28. The monoisotopic (exact) mass is 323 g/mol. The fourth-order valence-electron chi connectivity index (χ4n) is 1.89. The van der Waals surface area contributed by atoms with Crippen molar-refractivity contribution in [3.05, 3.63) is 59.2 Å². The number of nitrogens with one attached hydrogen (secondary N) is 1. The molecular formula is C17H16F3NO2. The standard InChI is InChI=1S/C17H16F3NO2/c1-11-3-4-13(9-12(11)2)16(22)21-14-5-7-15(8-6-14)23-10-17(18,19)20/h3-9H,10H2,1-2H3,(H,21,22). The molecule has 0 spiro atoms. The molecular weight excluding hydrogens is 307 g/mol. The number of benzene rings is 2. The number of halogens is 3. The Balaban J connectivity index is 2.00. The zero-order valence-electron chi connectivity index (χ0n) is 12.7. The number of ether oxygens (including phenoxy) is 1. The number of alkyl halides is 3. The Hall–Kier alpha value is -2.50. The maximum absolute atomic E-state index is 12.1. The van der Waals surface area contributed by atoms with Crippen LogP contribution in [0.4, 0.5) is 18.9 Å². The zero-order chi connectivity index (χ0) is 17.0. The minimum absolute atomic E-state index is 0.0894. The number of hydrogen-bond donors (Lipinski definition) is 1. The summed E-state index contributed by atoms with van der Waals surface area (Å²) in [4.78, 5) is 12.1. The maximum Gasteiger partial charge on any atom is 0.422 e. The lowest BCUT2D eigenvalue weighted by Gasteiger charge is -2.10. The summed E-state index contributed by atoms with van der Waals surface area (Å²) in [6, 6.07) is 11.1. The van der Waals surface area contributed by atoms with E-state index in [4.69, 9.17) is 0 Å². The molecule has 3 nitrogen and oxygen atoms in total. The molecule has 0 aliphatic heterocycles. The van der Waals surface area contributed by atoms with E-state index in [9.17, 15) is 18.0 Å². The first-order valence-electron chi connectivity index (χ1n) is 6.93. The first kappa shape index (κ1) is 16.9. The molecule has 0 aliphatic rings. The van der Waals surface area contributed by atoms with Gasteiger partial charge in [0.1, 0.15) is 5.75 Å². The zero-order valence-corrected chi connectivity index (χ0v) is 12.7. The van der Waals surface area contributed by atoms with Crippen LogP contribution in [0.1, 0.15) is 21.5 Å². The molecule has 0 saturated heterocycles. The molecule has 0 bridgehead atoms. The highest BCUT2D eigenvalue weighted by molar-refractivity contribution is 6.04. The third kappa shape index (κ3) is 5.02. The molecule has 0 unspecified atom stereocenters. The predicted octanol–water partition coefficient (Wildman–Crippen LogP) is 4.50. The van der Waals surface area contributed by atoms with Gasteiger partial charge in [0, 0.05) is 11.3 Å². The Kier molecular flexibility index (Phi) is 4.93. The van der Waals surface area contributed by atoms with Crippen molar-refractivity contribution in [1.82, 2.24) is 0 Å². The number of amides is 1. The van der Waals surface area contributed by atoms with Gasteiger partial charge in [0.15, 0.2) is 6.61 Å². The van der Waals surface area contributed by atoms with Crippen LogP contribution in [0.25, 0.3) is 0 Å². The molecule has 2 aromatic carbocycles. The highest BCUT2D eigenvalue weighted by atomic mass is 19.4. The van der Waals surface area contributed by atoms with E-state index < -0.39 is 12.8 Å². The van der Waals surface area contributed by atoms with E-state index in [1.807, 2.05) is 19.9 Å². The van der Waals surface area contributed by atoms with Gasteiger partial charge in [-0.1, -0.05) is 6.07 Å². The maximum atomic E-state index is 12.1. The average Bonchev–Trinajstić information content (AvgIpc) is 2.48. The second-order valence-corrected chi connectivity index (χ2v) is 5.18. The summed E-state index contributed by atoms with van der Waals surface area (Å²) >= 11 is 0. The van der Waals surface area contributed by atoms with Crippen molar-refractivity contribution < 1.29 is 22.7 Å². The summed E-state index contributed by atoms with van der Waals surface area (Å²) in [5.74, 6) is -0.191. The minimum Gasteiger partial charge on any atom is -0.484 e. The Bertz CT molecular complexity index is 694. The Morgan fingerprint density at radius 2 is 1.70 bits per heavy atom. The topological polar surface area (TPSA) is 38.3 Å². The first-order chi connectivity index (χ1) is 10.7. The minimum atomic E-state index is -4.38. The summed E-state index contributed by atoms with van der Waals surface area (Å²) < 4.78 is 40.8. The summed E-state index contributed by atoms with van der Waals surface area (Å²) in [5, 5.41) is 2.69. The van der Waals surface area contributed by atoms with Gasteiger partial charge in [0.05, 0.1) is 0 Å². The lowest BCUT2D eigenvalue weighted by Crippen LogP contribution is -2.19. The second-order valence-electron chi connectivity index (χ2n) is 5.18. The van der Waals surface area contributed by atoms with Crippen LogP contribution < -0.4 is 10.1 Å². The molecule has 0 aliphatic carbocycles. The number of aryl methyl sites for hydroxylation is 2. The molecule has 0 saturated carbocycles. The van der Waals surface area contributed by atoms with E-state index in [1.165, 1.54) is 24.3 Å². The predicted molar refractivity (Wildman–Crippen MR) is 81.9 cm³/mol. The largest absolute Gasteiger partial charge is 0.484 e. The SMILES string of the molecule is Cc1ccc(C(=O)Nc2ccc(OCC(F)(F)F)cc2)cc1C. The smallest absolute Gasteiger partial charge is 0.422 e.